The Labute approximate surface area is 151 Å². The summed E-state index contributed by atoms with van der Waals surface area (Å²) >= 11 is 0. The van der Waals surface area contributed by atoms with Gasteiger partial charge in [-0.25, -0.2) is 9.18 Å². The Morgan fingerprint density at radius 1 is 1.04 bits per heavy atom. The van der Waals surface area contributed by atoms with Gasteiger partial charge in [-0.1, -0.05) is 30.3 Å². The Bertz CT molecular complexity index is 735. The highest BCUT2D eigenvalue weighted by Gasteiger charge is 2.08. The summed E-state index contributed by atoms with van der Waals surface area (Å²) in [6.07, 6.45) is 0. The lowest BCUT2D eigenvalue weighted by Crippen LogP contribution is -2.39. The lowest BCUT2D eigenvalue weighted by Gasteiger charge is -2.12. The third-order valence-corrected chi connectivity index (χ3v) is 3.53. The number of anilines is 1. The maximum Gasteiger partial charge on any atom is 0.315 e. The molecule has 0 atom stereocenters. The highest BCUT2D eigenvalue weighted by Crippen LogP contribution is 2.15. The van der Waals surface area contributed by atoms with Gasteiger partial charge < -0.3 is 20.7 Å². The van der Waals surface area contributed by atoms with Crippen molar-refractivity contribution in [1.82, 2.24) is 10.6 Å². The highest BCUT2D eigenvalue weighted by molar-refractivity contribution is 5.94. The van der Waals surface area contributed by atoms with Crippen molar-refractivity contribution in [2.45, 2.75) is 20.1 Å². The van der Waals surface area contributed by atoms with Gasteiger partial charge in [-0.15, -0.1) is 0 Å². The first kappa shape index (κ1) is 19.4. The molecule has 0 aliphatic carbocycles. The molecule has 3 amide bonds. The number of hydrogen-bond donors (Lipinski definition) is 3. The first-order valence-electron chi connectivity index (χ1n) is 8.30. The van der Waals surface area contributed by atoms with E-state index in [0.717, 1.165) is 11.1 Å². The summed E-state index contributed by atoms with van der Waals surface area (Å²) in [6, 6.07) is 12.7. The quantitative estimate of drug-likeness (QED) is 0.678. The molecule has 26 heavy (non-hydrogen) atoms. The predicted octanol–water partition coefficient (Wildman–Crippen LogP) is 2.80. The van der Waals surface area contributed by atoms with E-state index in [4.69, 9.17) is 4.74 Å². The number of hydrogen-bond acceptors (Lipinski definition) is 3. The third kappa shape index (κ3) is 6.52. The fraction of sp³-hybridized carbons (Fsp3) is 0.263. The molecule has 0 spiro atoms. The fourth-order valence-corrected chi connectivity index (χ4v) is 2.18. The van der Waals surface area contributed by atoms with Crippen molar-refractivity contribution < 1.29 is 18.7 Å². The molecule has 0 radical (unpaired) electrons. The lowest BCUT2D eigenvalue weighted by atomic mass is 10.2. The van der Waals surface area contributed by atoms with E-state index >= 15 is 0 Å². The molecule has 2 aromatic rings. The van der Waals surface area contributed by atoms with Crippen LogP contribution in [0.1, 0.15) is 18.1 Å². The lowest BCUT2D eigenvalue weighted by molar-refractivity contribution is -0.115. The highest BCUT2D eigenvalue weighted by atomic mass is 19.1. The molecule has 0 saturated carbocycles. The normalized spacial score (nSPS) is 10.2. The van der Waals surface area contributed by atoms with Gasteiger partial charge in [0.15, 0.2) is 0 Å². The monoisotopic (exact) mass is 359 g/mol. The number of rotatable bonds is 8. The summed E-state index contributed by atoms with van der Waals surface area (Å²) in [4.78, 5) is 23.8. The maximum absolute atomic E-state index is 12.8. The van der Waals surface area contributed by atoms with Crippen LogP contribution < -0.4 is 16.0 Å². The number of urea groups is 1. The van der Waals surface area contributed by atoms with Crippen LogP contribution in [0.25, 0.3) is 0 Å². The minimum absolute atomic E-state index is 0.168. The van der Waals surface area contributed by atoms with Crippen molar-refractivity contribution in [1.29, 1.82) is 0 Å². The minimum atomic E-state index is -0.480. The summed E-state index contributed by atoms with van der Waals surface area (Å²) in [6.45, 7) is 2.95. The molecule has 0 bridgehead atoms. The van der Waals surface area contributed by atoms with E-state index in [1.54, 1.807) is 18.2 Å². The van der Waals surface area contributed by atoms with Crippen LogP contribution in [0.2, 0.25) is 0 Å². The zero-order valence-corrected chi connectivity index (χ0v) is 14.5. The van der Waals surface area contributed by atoms with E-state index in [1.165, 1.54) is 12.1 Å². The van der Waals surface area contributed by atoms with E-state index in [9.17, 15) is 14.0 Å². The second kappa shape index (κ2) is 10.1. The third-order valence-electron chi connectivity index (χ3n) is 3.53. The molecule has 3 N–H and O–H groups in total. The van der Waals surface area contributed by atoms with Crippen LogP contribution in [-0.2, 0) is 22.7 Å². The molecule has 2 aromatic carbocycles. The van der Waals surface area contributed by atoms with Gasteiger partial charge in [0.1, 0.15) is 5.82 Å². The van der Waals surface area contributed by atoms with Crippen LogP contribution in [0, 0.1) is 5.82 Å². The van der Waals surface area contributed by atoms with Crippen molar-refractivity contribution in [3.8, 4) is 0 Å². The minimum Gasteiger partial charge on any atom is -0.377 e. The van der Waals surface area contributed by atoms with Crippen LogP contribution in [0.5, 0.6) is 0 Å². The molecule has 0 unspecified atom stereocenters. The molecular formula is C19H22FN3O3. The zero-order chi connectivity index (χ0) is 18.8. The topological polar surface area (TPSA) is 79.5 Å². The number of amides is 3. The first-order valence-corrected chi connectivity index (χ1v) is 8.30. The Hall–Kier alpha value is -2.93. The van der Waals surface area contributed by atoms with Crippen LogP contribution in [0.4, 0.5) is 14.9 Å². The van der Waals surface area contributed by atoms with Crippen molar-refractivity contribution in [2.24, 2.45) is 0 Å². The van der Waals surface area contributed by atoms with E-state index in [0.29, 0.717) is 18.9 Å². The van der Waals surface area contributed by atoms with Gasteiger partial charge in [0.2, 0.25) is 5.91 Å². The van der Waals surface area contributed by atoms with Crippen LogP contribution in [0.15, 0.2) is 48.5 Å². The van der Waals surface area contributed by atoms with Gasteiger partial charge in [0, 0.05) is 24.4 Å². The predicted molar refractivity (Wildman–Crippen MR) is 97.0 cm³/mol. The van der Waals surface area contributed by atoms with Crippen molar-refractivity contribution in [3.05, 3.63) is 65.5 Å². The second-order valence-electron chi connectivity index (χ2n) is 5.51. The average Bonchev–Trinajstić information content (AvgIpc) is 2.65. The molecule has 0 fully saturated rings. The van der Waals surface area contributed by atoms with Gasteiger partial charge in [-0.05, 0) is 30.7 Å². The summed E-state index contributed by atoms with van der Waals surface area (Å²) in [5, 5.41) is 7.84. The Morgan fingerprint density at radius 2 is 1.77 bits per heavy atom. The average molecular weight is 359 g/mol. The second-order valence-corrected chi connectivity index (χ2v) is 5.51. The van der Waals surface area contributed by atoms with Crippen molar-refractivity contribution >= 4 is 17.6 Å². The zero-order valence-electron chi connectivity index (χ0n) is 14.5. The van der Waals surface area contributed by atoms with E-state index in [-0.39, 0.29) is 24.8 Å². The molecule has 138 valence electrons. The summed E-state index contributed by atoms with van der Waals surface area (Å²) in [5.74, 6) is -0.676. The molecule has 2 rings (SSSR count). The number of halogens is 1. The smallest absolute Gasteiger partial charge is 0.315 e. The van der Waals surface area contributed by atoms with Crippen LogP contribution in [0.3, 0.4) is 0 Å². The molecule has 0 heterocycles. The number of nitrogens with one attached hydrogen (secondary N) is 3. The molecule has 0 aliphatic heterocycles. The largest absolute Gasteiger partial charge is 0.377 e. The van der Waals surface area contributed by atoms with Crippen molar-refractivity contribution in [2.75, 3.05) is 18.5 Å². The van der Waals surface area contributed by atoms with Gasteiger partial charge >= 0.3 is 6.03 Å². The Balaban J connectivity index is 1.76. The van der Waals surface area contributed by atoms with E-state index in [1.807, 2.05) is 25.1 Å². The number of carbonyl (C=O) groups is 2. The first-order chi connectivity index (χ1) is 12.6. The summed E-state index contributed by atoms with van der Waals surface area (Å²) in [5.41, 5.74) is 2.28. The number of para-hydroxylation sites is 1. The van der Waals surface area contributed by atoms with E-state index < -0.39 is 6.03 Å². The van der Waals surface area contributed by atoms with Gasteiger partial charge in [0.25, 0.3) is 0 Å². The van der Waals surface area contributed by atoms with Crippen LogP contribution >= 0.6 is 0 Å². The Morgan fingerprint density at radius 3 is 2.50 bits per heavy atom. The van der Waals surface area contributed by atoms with Gasteiger partial charge in [-0.2, -0.15) is 0 Å². The molecule has 0 aliphatic rings. The SMILES string of the molecule is CCOCc1ccccc1NC(=O)CNC(=O)NCc1ccc(F)cc1. The van der Waals surface area contributed by atoms with E-state index in [2.05, 4.69) is 16.0 Å². The van der Waals surface area contributed by atoms with Gasteiger partial charge in [0.05, 0.1) is 13.2 Å². The molecule has 7 heteroatoms. The van der Waals surface area contributed by atoms with Gasteiger partial charge in [-0.3, -0.25) is 4.79 Å². The Kier molecular flexibility index (Phi) is 7.57. The number of benzene rings is 2. The molecule has 0 saturated heterocycles. The van der Waals surface area contributed by atoms with Crippen molar-refractivity contribution in [3.63, 3.8) is 0 Å². The number of ether oxygens (including phenoxy) is 1. The standard InChI is InChI=1S/C19H22FN3O3/c1-2-26-13-15-5-3-4-6-17(15)23-18(24)12-22-19(25)21-11-14-7-9-16(20)10-8-14/h3-10H,2,11-13H2,1H3,(H,23,24)(H2,21,22,25). The summed E-state index contributed by atoms with van der Waals surface area (Å²) < 4.78 is 18.2. The molecule has 0 aromatic heterocycles. The van der Waals surface area contributed by atoms with Crippen LogP contribution in [-0.4, -0.2) is 25.1 Å². The molecular weight excluding hydrogens is 337 g/mol. The fourth-order valence-electron chi connectivity index (χ4n) is 2.18. The number of carbonyl (C=O) groups excluding carboxylic acids is 2. The summed E-state index contributed by atoms with van der Waals surface area (Å²) in [7, 11) is 0. The maximum atomic E-state index is 12.8. The molecule has 6 nitrogen and oxygen atoms in total.